The fraction of sp³-hybridized carbons (Fsp3) is 0.714. The summed E-state index contributed by atoms with van der Waals surface area (Å²) in [6, 6.07) is 2.18. The van der Waals surface area contributed by atoms with E-state index in [4.69, 9.17) is 0 Å². The van der Waals surface area contributed by atoms with Crippen LogP contribution in [-0.4, -0.2) is 42.3 Å². The van der Waals surface area contributed by atoms with Gasteiger partial charge >= 0.3 is 0 Å². The first kappa shape index (κ1) is 15.4. The molecule has 1 aliphatic heterocycles. The number of likely N-dealkylation sites (tertiary alicyclic amines) is 1. The second-order valence-corrected chi connectivity index (χ2v) is 7.77. The minimum Gasteiger partial charge on any atom is -0.392 e. The molecule has 0 aromatic carbocycles. The average molecular weight is 347 g/mol. The van der Waals surface area contributed by atoms with E-state index in [9.17, 15) is 5.11 Å². The zero-order valence-electron chi connectivity index (χ0n) is 11.4. The van der Waals surface area contributed by atoms with E-state index in [-0.39, 0.29) is 6.10 Å². The summed E-state index contributed by atoms with van der Waals surface area (Å²) >= 11 is 5.23. The first-order chi connectivity index (χ1) is 9.13. The lowest BCUT2D eigenvalue weighted by molar-refractivity contribution is 0.0998. The van der Waals surface area contributed by atoms with Crippen LogP contribution in [0.2, 0.25) is 0 Å². The molecule has 0 radical (unpaired) electrons. The number of hydrogen-bond acceptors (Lipinski definition) is 4. The molecule has 1 aromatic heterocycles. The maximum absolute atomic E-state index is 9.38. The van der Waals surface area contributed by atoms with Crippen LogP contribution in [0.5, 0.6) is 0 Å². The normalized spacial score (nSPS) is 19.7. The maximum Gasteiger partial charge on any atom is 0.0701 e. The molecule has 0 saturated carbocycles. The monoisotopic (exact) mass is 346 g/mol. The number of piperidine rings is 1. The first-order valence-electron chi connectivity index (χ1n) is 6.97. The van der Waals surface area contributed by atoms with Gasteiger partial charge in [0.05, 0.1) is 9.89 Å². The van der Waals surface area contributed by atoms with Crippen LogP contribution >= 0.6 is 27.3 Å². The number of thiophene rings is 1. The van der Waals surface area contributed by atoms with Crippen molar-refractivity contribution in [3.05, 3.63) is 20.8 Å². The molecule has 5 heteroatoms. The van der Waals surface area contributed by atoms with Crippen molar-refractivity contribution in [1.82, 2.24) is 10.2 Å². The molecule has 3 nitrogen and oxygen atoms in total. The first-order valence-corrected chi connectivity index (χ1v) is 8.65. The smallest absolute Gasteiger partial charge is 0.0701 e. The fourth-order valence-electron chi connectivity index (χ4n) is 2.61. The number of rotatable bonds is 6. The molecular formula is C14H23BrN2OS. The van der Waals surface area contributed by atoms with Gasteiger partial charge in [-0.15, -0.1) is 11.3 Å². The Morgan fingerprint density at radius 3 is 2.84 bits per heavy atom. The van der Waals surface area contributed by atoms with Gasteiger partial charge in [0.15, 0.2) is 0 Å². The molecule has 0 unspecified atom stereocenters. The number of aliphatic hydroxyl groups is 1. The number of hydrogen-bond donors (Lipinski definition) is 2. The van der Waals surface area contributed by atoms with E-state index in [1.54, 1.807) is 11.3 Å². The van der Waals surface area contributed by atoms with Crippen molar-refractivity contribution in [1.29, 1.82) is 0 Å². The number of halogens is 1. The highest BCUT2D eigenvalue weighted by atomic mass is 79.9. The second-order valence-electron chi connectivity index (χ2n) is 5.48. The van der Waals surface area contributed by atoms with E-state index in [1.807, 2.05) is 6.92 Å². The summed E-state index contributed by atoms with van der Waals surface area (Å²) in [6.45, 7) is 7.02. The quantitative estimate of drug-likeness (QED) is 0.831. The molecule has 0 aliphatic carbocycles. The fourth-order valence-corrected chi connectivity index (χ4v) is 3.82. The van der Waals surface area contributed by atoms with Crippen LogP contribution in [0.25, 0.3) is 0 Å². The molecule has 2 heterocycles. The lowest BCUT2D eigenvalue weighted by Gasteiger charge is -2.32. The Hall–Kier alpha value is 0.0600. The summed E-state index contributed by atoms with van der Waals surface area (Å²) in [5.41, 5.74) is 1.36. The molecule has 2 rings (SSSR count). The van der Waals surface area contributed by atoms with E-state index in [0.29, 0.717) is 0 Å². The van der Waals surface area contributed by atoms with E-state index in [0.717, 1.165) is 38.6 Å². The van der Waals surface area contributed by atoms with Crippen LogP contribution in [0, 0.1) is 5.92 Å². The Balaban J connectivity index is 1.60. The number of aliphatic hydroxyl groups excluding tert-OH is 1. The lowest BCUT2D eigenvalue weighted by atomic mass is 9.96. The average Bonchev–Trinajstić information content (AvgIpc) is 2.77. The van der Waals surface area contributed by atoms with Gasteiger partial charge in [0.1, 0.15) is 0 Å². The van der Waals surface area contributed by atoms with Crippen molar-refractivity contribution in [2.24, 2.45) is 5.92 Å². The van der Waals surface area contributed by atoms with Gasteiger partial charge < -0.3 is 15.3 Å². The lowest BCUT2D eigenvalue weighted by Crippen LogP contribution is -2.40. The third-order valence-corrected chi connectivity index (χ3v) is 5.17. The molecule has 2 N–H and O–H groups in total. The predicted octanol–water partition coefficient (Wildman–Crippen LogP) is 2.69. The van der Waals surface area contributed by atoms with Gasteiger partial charge in [0, 0.05) is 13.1 Å². The zero-order chi connectivity index (χ0) is 13.7. The van der Waals surface area contributed by atoms with Crippen LogP contribution < -0.4 is 5.32 Å². The summed E-state index contributed by atoms with van der Waals surface area (Å²) < 4.78 is 1.20. The van der Waals surface area contributed by atoms with Crippen molar-refractivity contribution in [2.45, 2.75) is 32.4 Å². The standard InChI is InChI=1S/C14H23BrN2OS/c1-11(18)9-17-4-2-12(3-5-17)7-16-8-13-6-14(15)19-10-13/h6,10-12,16,18H,2-5,7-9H2,1H3/t11-/m0/s1. The van der Waals surface area contributed by atoms with E-state index in [2.05, 4.69) is 37.6 Å². The Labute approximate surface area is 128 Å². The van der Waals surface area contributed by atoms with E-state index >= 15 is 0 Å². The number of β-amino-alcohol motifs (C(OH)–C–C–N with tert-alkyl or cyclic N) is 1. The van der Waals surface area contributed by atoms with Crippen molar-refractivity contribution in [2.75, 3.05) is 26.2 Å². The second kappa shape index (κ2) is 7.74. The summed E-state index contributed by atoms with van der Waals surface area (Å²) in [5.74, 6) is 0.785. The molecule has 108 valence electrons. The van der Waals surface area contributed by atoms with Crippen LogP contribution in [-0.2, 0) is 6.54 Å². The van der Waals surface area contributed by atoms with Gasteiger partial charge in [-0.25, -0.2) is 0 Å². The molecule has 0 bridgehead atoms. The molecule has 1 fully saturated rings. The third-order valence-electron chi connectivity index (χ3n) is 3.61. The van der Waals surface area contributed by atoms with Gasteiger partial charge in [-0.2, -0.15) is 0 Å². The minimum absolute atomic E-state index is 0.202. The minimum atomic E-state index is -0.202. The summed E-state index contributed by atoms with van der Waals surface area (Å²) in [7, 11) is 0. The van der Waals surface area contributed by atoms with E-state index < -0.39 is 0 Å². The van der Waals surface area contributed by atoms with Gasteiger partial charge in [-0.05, 0) is 78.3 Å². The van der Waals surface area contributed by atoms with Gasteiger partial charge in [-0.3, -0.25) is 0 Å². The zero-order valence-corrected chi connectivity index (χ0v) is 13.8. The molecular weight excluding hydrogens is 324 g/mol. The maximum atomic E-state index is 9.38. The molecule has 0 amide bonds. The third kappa shape index (κ3) is 5.52. The van der Waals surface area contributed by atoms with Crippen LogP contribution in [0.3, 0.4) is 0 Å². The SMILES string of the molecule is C[C@H](O)CN1CCC(CNCc2csc(Br)c2)CC1. The highest BCUT2D eigenvalue weighted by molar-refractivity contribution is 9.11. The molecule has 1 aliphatic rings. The highest BCUT2D eigenvalue weighted by Crippen LogP contribution is 2.21. The van der Waals surface area contributed by atoms with Crippen molar-refractivity contribution < 1.29 is 5.11 Å². The van der Waals surface area contributed by atoms with Crippen LogP contribution in [0.15, 0.2) is 15.2 Å². The van der Waals surface area contributed by atoms with Crippen LogP contribution in [0.1, 0.15) is 25.3 Å². The predicted molar refractivity (Wildman–Crippen MR) is 84.6 cm³/mol. The largest absolute Gasteiger partial charge is 0.392 e. The summed E-state index contributed by atoms with van der Waals surface area (Å²) in [6.07, 6.45) is 2.28. The summed E-state index contributed by atoms with van der Waals surface area (Å²) in [5, 5.41) is 15.1. The Morgan fingerprint density at radius 2 is 2.26 bits per heavy atom. The van der Waals surface area contributed by atoms with Crippen molar-refractivity contribution >= 4 is 27.3 Å². The van der Waals surface area contributed by atoms with Crippen molar-refractivity contribution in [3.63, 3.8) is 0 Å². The molecule has 0 spiro atoms. The number of nitrogens with zero attached hydrogens (tertiary/aromatic N) is 1. The van der Waals surface area contributed by atoms with Gasteiger partial charge in [0.25, 0.3) is 0 Å². The highest BCUT2D eigenvalue weighted by Gasteiger charge is 2.19. The summed E-state index contributed by atoms with van der Waals surface area (Å²) in [4.78, 5) is 2.37. The van der Waals surface area contributed by atoms with Gasteiger partial charge in [0.2, 0.25) is 0 Å². The topological polar surface area (TPSA) is 35.5 Å². The van der Waals surface area contributed by atoms with Crippen molar-refractivity contribution in [3.8, 4) is 0 Å². The number of nitrogens with one attached hydrogen (secondary N) is 1. The Bertz CT molecular complexity index is 375. The Morgan fingerprint density at radius 1 is 1.53 bits per heavy atom. The molecule has 1 aromatic rings. The molecule has 1 saturated heterocycles. The molecule has 1 atom stereocenters. The van der Waals surface area contributed by atoms with E-state index in [1.165, 1.54) is 22.2 Å². The van der Waals surface area contributed by atoms with Gasteiger partial charge in [-0.1, -0.05) is 0 Å². The Kier molecular flexibility index (Phi) is 6.29. The molecule has 19 heavy (non-hydrogen) atoms. The van der Waals surface area contributed by atoms with Crippen LogP contribution in [0.4, 0.5) is 0 Å².